The maximum atomic E-state index is 12.3. The van der Waals surface area contributed by atoms with Gasteiger partial charge in [-0.05, 0) is 53.9 Å². The van der Waals surface area contributed by atoms with E-state index in [9.17, 15) is 9.59 Å². The molecule has 0 radical (unpaired) electrons. The van der Waals surface area contributed by atoms with Crippen molar-refractivity contribution in [2.24, 2.45) is 0 Å². The Morgan fingerprint density at radius 1 is 0.724 bits per heavy atom. The van der Waals surface area contributed by atoms with E-state index in [1.807, 2.05) is 42.5 Å². The van der Waals surface area contributed by atoms with Crippen LogP contribution in [-0.4, -0.2) is 18.4 Å². The molecular weight excluding hydrogens is 364 g/mol. The fourth-order valence-corrected chi connectivity index (χ4v) is 2.74. The Labute approximate surface area is 170 Å². The molecule has 5 heteroatoms. The lowest BCUT2D eigenvalue weighted by Crippen LogP contribution is -2.41. The van der Waals surface area contributed by atoms with E-state index in [1.54, 1.807) is 36.4 Å². The van der Waals surface area contributed by atoms with Crippen molar-refractivity contribution in [3.05, 3.63) is 90.0 Å². The summed E-state index contributed by atoms with van der Waals surface area (Å²) in [4.78, 5) is 24.5. The van der Waals surface area contributed by atoms with Crippen LogP contribution in [0.1, 0.15) is 40.5 Å². The van der Waals surface area contributed by atoms with E-state index in [-0.39, 0.29) is 11.8 Å². The van der Waals surface area contributed by atoms with Crippen molar-refractivity contribution in [1.29, 1.82) is 0 Å². The zero-order valence-electron chi connectivity index (χ0n) is 16.4. The summed E-state index contributed by atoms with van der Waals surface area (Å²) in [5.74, 6) is -0.0469. The van der Waals surface area contributed by atoms with Gasteiger partial charge in [-0.25, -0.2) is 0 Å². The molecule has 29 heavy (non-hydrogen) atoms. The minimum atomic E-state index is -0.389. The number of nitrogens with one attached hydrogen (secondary N) is 2. The van der Waals surface area contributed by atoms with Gasteiger partial charge in [-0.3, -0.25) is 20.4 Å². The zero-order valence-corrected chi connectivity index (χ0v) is 16.4. The highest BCUT2D eigenvalue weighted by Crippen LogP contribution is 2.19. The van der Waals surface area contributed by atoms with E-state index in [2.05, 4.69) is 17.8 Å². The number of ether oxygens (including phenoxy) is 1. The lowest BCUT2D eigenvalue weighted by molar-refractivity contribution is 0.0846. The Balaban J connectivity index is 1.52. The zero-order chi connectivity index (χ0) is 20.5. The highest BCUT2D eigenvalue weighted by molar-refractivity contribution is 5.99. The molecular formula is C24H24N2O3. The Kier molecular flexibility index (Phi) is 7.00. The van der Waals surface area contributed by atoms with E-state index < -0.39 is 0 Å². The first-order valence-electron chi connectivity index (χ1n) is 9.66. The molecule has 0 aliphatic carbocycles. The van der Waals surface area contributed by atoms with Gasteiger partial charge in [-0.1, -0.05) is 55.8 Å². The molecule has 3 aromatic rings. The third-order valence-corrected chi connectivity index (χ3v) is 4.43. The summed E-state index contributed by atoms with van der Waals surface area (Å²) in [5.41, 5.74) is 7.88. The van der Waals surface area contributed by atoms with Crippen molar-refractivity contribution in [1.82, 2.24) is 10.9 Å². The van der Waals surface area contributed by atoms with Crippen LogP contribution in [0.2, 0.25) is 0 Å². The van der Waals surface area contributed by atoms with Crippen molar-refractivity contribution in [3.8, 4) is 16.9 Å². The van der Waals surface area contributed by atoms with Crippen molar-refractivity contribution in [2.45, 2.75) is 19.8 Å². The van der Waals surface area contributed by atoms with Gasteiger partial charge in [0.2, 0.25) is 0 Å². The molecule has 148 valence electrons. The maximum Gasteiger partial charge on any atom is 0.269 e. The average molecular weight is 388 g/mol. The highest BCUT2D eigenvalue weighted by Gasteiger charge is 2.10. The van der Waals surface area contributed by atoms with Crippen molar-refractivity contribution < 1.29 is 14.3 Å². The molecule has 0 saturated carbocycles. The van der Waals surface area contributed by atoms with Gasteiger partial charge in [0, 0.05) is 11.1 Å². The minimum absolute atomic E-state index is 0.377. The number of unbranched alkanes of at least 4 members (excludes halogenated alkanes) is 1. The molecule has 0 bridgehead atoms. The molecule has 0 heterocycles. The first-order valence-corrected chi connectivity index (χ1v) is 9.66. The van der Waals surface area contributed by atoms with Crippen LogP contribution in [0.4, 0.5) is 0 Å². The predicted molar refractivity (Wildman–Crippen MR) is 114 cm³/mol. The van der Waals surface area contributed by atoms with Crippen LogP contribution in [0, 0.1) is 0 Å². The summed E-state index contributed by atoms with van der Waals surface area (Å²) in [6.07, 6.45) is 2.05. The fourth-order valence-electron chi connectivity index (χ4n) is 2.74. The third-order valence-electron chi connectivity index (χ3n) is 4.43. The second-order valence-corrected chi connectivity index (χ2v) is 6.58. The molecule has 0 aromatic heterocycles. The van der Waals surface area contributed by atoms with Crippen molar-refractivity contribution in [2.75, 3.05) is 6.61 Å². The average Bonchev–Trinajstić information content (AvgIpc) is 2.78. The molecule has 2 N–H and O–H groups in total. The number of benzene rings is 3. The van der Waals surface area contributed by atoms with Crippen LogP contribution in [0.15, 0.2) is 78.9 Å². The molecule has 0 aliphatic heterocycles. The molecule has 5 nitrogen and oxygen atoms in total. The van der Waals surface area contributed by atoms with E-state index in [0.717, 1.165) is 29.7 Å². The van der Waals surface area contributed by atoms with Gasteiger partial charge in [-0.2, -0.15) is 0 Å². The highest BCUT2D eigenvalue weighted by atomic mass is 16.5. The first kappa shape index (κ1) is 20.1. The van der Waals surface area contributed by atoms with Gasteiger partial charge < -0.3 is 4.74 Å². The third kappa shape index (κ3) is 5.69. The van der Waals surface area contributed by atoms with Gasteiger partial charge in [0.15, 0.2) is 0 Å². The van der Waals surface area contributed by atoms with Gasteiger partial charge in [-0.15, -0.1) is 0 Å². The van der Waals surface area contributed by atoms with Gasteiger partial charge >= 0.3 is 0 Å². The second kappa shape index (κ2) is 10.1. The molecule has 0 spiro atoms. The Bertz CT molecular complexity index is 936. The summed E-state index contributed by atoms with van der Waals surface area (Å²) in [5, 5.41) is 0. The fraction of sp³-hybridized carbons (Fsp3) is 0.167. The number of hydrogen-bond acceptors (Lipinski definition) is 3. The summed E-state index contributed by atoms with van der Waals surface area (Å²) < 4.78 is 5.58. The number of carbonyl (C=O) groups excluding carboxylic acids is 2. The van der Waals surface area contributed by atoms with Gasteiger partial charge in [0.1, 0.15) is 5.75 Å². The van der Waals surface area contributed by atoms with E-state index >= 15 is 0 Å². The Hall–Kier alpha value is -3.60. The van der Waals surface area contributed by atoms with Crippen LogP contribution in [0.5, 0.6) is 5.75 Å². The lowest BCUT2D eigenvalue weighted by Gasteiger charge is -2.09. The van der Waals surface area contributed by atoms with Crippen LogP contribution in [0.25, 0.3) is 11.1 Å². The number of rotatable bonds is 7. The standard InChI is InChI=1S/C24H24N2O3/c1-2-3-17-29-22-15-13-21(14-16-22)24(28)26-25-23(27)20-11-9-19(10-12-20)18-7-5-4-6-8-18/h4-16H,2-3,17H2,1H3,(H,25,27)(H,26,28). The number of amides is 2. The van der Waals surface area contributed by atoms with Crippen LogP contribution < -0.4 is 15.6 Å². The van der Waals surface area contributed by atoms with E-state index in [1.165, 1.54) is 0 Å². The van der Waals surface area contributed by atoms with Crippen LogP contribution >= 0.6 is 0 Å². The molecule has 0 atom stereocenters. The van der Waals surface area contributed by atoms with Gasteiger partial charge in [0.05, 0.1) is 6.61 Å². The molecule has 0 saturated heterocycles. The van der Waals surface area contributed by atoms with E-state index in [0.29, 0.717) is 17.7 Å². The SMILES string of the molecule is CCCCOc1ccc(C(=O)NNC(=O)c2ccc(-c3ccccc3)cc2)cc1. The second-order valence-electron chi connectivity index (χ2n) is 6.58. The molecule has 0 aliphatic rings. The van der Waals surface area contributed by atoms with E-state index in [4.69, 9.17) is 4.74 Å². The monoisotopic (exact) mass is 388 g/mol. The summed E-state index contributed by atoms with van der Waals surface area (Å²) in [7, 11) is 0. The lowest BCUT2D eigenvalue weighted by atomic mass is 10.0. The van der Waals surface area contributed by atoms with Gasteiger partial charge in [0.25, 0.3) is 11.8 Å². The van der Waals surface area contributed by atoms with Crippen molar-refractivity contribution >= 4 is 11.8 Å². The molecule has 0 unspecified atom stereocenters. The predicted octanol–water partition coefficient (Wildman–Crippen LogP) is 4.61. The summed E-state index contributed by atoms with van der Waals surface area (Å²) in [6, 6.07) is 23.9. The smallest absolute Gasteiger partial charge is 0.269 e. The first-order chi connectivity index (χ1) is 14.2. The van der Waals surface area contributed by atoms with Crippen LogP contribution in [-0.2, 0) is 0 Å². The quantitative estimate of drug-likeness (QED) is 0.459. The molecule has 0 fully saturated rings. The Morgan fingerprint density at radius 3 is 1.79 bits per heavy atom. The normalized spacial score (nSPS) is 10.2. The van der Waals surface area contributed by atoms with Crippen molar-refractivity contribution in [3.63, 3.8) is 0 Å². The van der Waals surface area contributed by atoms with Crippen LogP contribution in [0.3, 0.4) is 0 Å². The molecule has 3 aromatic carbocycles. The summed E-state index contributed by atoms with van der Waals surface area (Å²) >= 11 is 0. The number of carbonyl (C=O) groups is 2. The topological polar surface area (TPSA) is 67.4 Å². The minimum Gasteiger partial charge on any atom is -0.494 e. The number of hydrogen-bond donors (Lipinski definition) is 2. The molecule has 3 rings (SSSR count). The molecule has 2 amide bonds. The summed E-state index contributed by atoms with van der Waals surface area (Å²) in [6.45, 7) is 2.75. The maximum absolute atomic E-state index is 12.3. The number of hydrazine groups is 1. The largest absolute Gasteiger partial charge is 0.494 e. The Morgan fingerprint density at radius 2 is 1.24 bits per heavy atom.